The molecule has 0 radical (unpaired) electrons. The fourth-order valence-electron chi connectivity index (χ4n) is 1.88. The smallest absolute Gasteiger partial charge is 0.234 e. The fourth-order valence-corrected chi connectivity index (χ4v) is 2.73. The van der Waals surface area contributed by atoms with Crippen LogP contribution in [0.3, 0.4) is 0 Å². The summed E-state index contributed by atoms with van der Waals surface area (Å²) in [5, 5.41) is 13.9. The minimum absolute atomic E-state index is 0.307. The summed E-state index contributed by atoms with van der Waals surface area (Å²) < 4.78 is 1.76. The Kier molecular flexibility index (Phi) is 3.04. The van der Waals surface area contributed by atoms with Gasteiger partial charge in [0.1, 0.15) is 5.01 Å². The first-order valence-corrected chi connectivity index (χ1v) is 7.01. The molecule has 6 heteroatoms. The molecule has 3 rings (SSSR count). The van der Waals surface area contributed by atoms with E-state index in [2.05, 4.69) is 29.1 Å². The average molecular weight is 273 g/mol. The van der Waals surface area contributed by atoms with Crippen molar-refractivity contribution in [2.75, 3.05) is 0 Å². The van der Waals surface area contributed by atoms with Crippen molar-refractivity contribution in [2.24, 2.45) is 5.73 Å². The van der Waals surface area contributed by atoms with E-state index in [1.807, 2.05) is 30.3 Å². The second-order valence-corrected chi connectivity index (χ2v) is 5.72. The summed E-state index contributed by atoms with van der Waals surface area (Å²) >= 11 is 1.56. The minimum Gasteiger partial charge on any atom is -0.318 e. The Morgan fingerprint density at radius 1 is 1.16 bits per heavy atom. The number of aromatic nitrogens is 4. The Morgan fingerprint density at radius 2 is 1.89 bits per heavy atom. The van der Waals surface area contributed by atoms with Gasteiger partial charge in [-0.15, -0.1) is 10.2 Å². The molecule has 2 heterocycles. The first-order chi connectivity index (χ1) is 9.16. The van der Waals surface area contributed by atoms with Gasteiger partial charge in [0.25, 0.3) is 0 Å². The molecule has 0 amide bonds. The molecule has 0 aliphatic rings. The molecule has 1 aromatic carbocycles. The van der Waals surface area contributed by atoms with Gasteiger partial charge >= 0.3 is 0 Å². The van der Waals surface area contributed by atoms with Crippen molar-refractivity contribution >= 4 is 16.3 Å². The van der Waals surface area contributed by atoms with E-state index >= 15 is 0 Å². The number of benzene rings is 1. The van der Waals surface area contributed by atoms with Crippen molar-refractivity contribution in [3.63, 3.8) is 0 Å². The number of rotatable bonds is 3. The number of fused-ring (bicyclic) bond motifs is 1. The van der Waals surface area contributed by atoms with Gasteiger partial charge in [0.15, 0.2) is 5.82 Å². The zero-order valence-corrected chi connectivity index (χ0v) is 11.6. The summed E-state index contributed by atoms with van der Waals surface area (Å²) in [7, 11) is 0. The third-order valence-electron chi connectivity index (χ3n) is 2.96. The molecule has 3 aromatic rings. The molecule has 0 fully saturated rings. The van der Waals surface area contributed by atoms with Crippen molar-refractivity contribution in [3.05, 3.63) is 46.7 Å². The molecule has 2 N–H and O–H groups in total. The number of hydrogen-bond donors (Lipinski definition) is 1. The van der Waals surface area contributed by atoms with Crippen LogP contribution in [-0.4, -0.2) is 19.8 Å². The first-order valence-electron chi connectivity index (χ1n) is 6.19. The van der Waals surface area contributed by atoms with E-state index in [0.717, 1.165) is 15.5 Å². The second-order valence-electron chi connectivity index (χ2n) is 4.74. The fraction of sp³-hybridized carbons (Fsp3) is 0.308. The summed E-state index contributed by atoms with van der Waals surface area (Å²) in [4.78, 5) is 0.796. The third kappa shape index (κ3) is 2.13. The van der Waals surface area contributed by atoms with Gasteiger partial charge in [-0.1, -0.05) is 55.5 Å². The zero-order valence-electron chi connectivity index (χ0n) is 10.8. The summed E-state index contributed by atoms with van der Waals surface area (Å²) in [6.45, 7) is 4.23. The molecule has 5 nitrogen and oxygen atoms in total. The highest BCUT2D eigenvalue weighted by molar-refractivity contribution is 7.16. The van der Waals surface area contributed by atoms with Crippen LogP contribution in [0.5, 0.6) is 0 Å². The minimum atomic E-state index is -0.307. The van der Waals surface area contributed by atoms with Crippen LogP contribution < -0.4 is 5.73 Å². The molecule has 19 heavy (non-hydrogen) atoms. The van der Waals surface area contributed by atoms with E-state index in [1.165, 1.54) is 0 Å². The molecule has 2 aromatic heterocycles. The van der Waals surface area contributed by atoms with Crippen molar-refractivity contribution < 1.29 is 0 Å². The van der Waals surface area contributed by atoms with E-state index in [1.54, 1.807) is 15.9 Å². The quantitative estimate of drug-likeness (QED) is 0.795. The number of nitrogens with zero attached hydrogens (tertiary/aromatic N) is 4. The Labute approximate surface area is 115 Å². The van der Waals surface area contributed by atoms with Gasteiger partial charge in [0, 0.05) is 5.92 Å². The molecular formula is C13H15N5S. The maximum atomic E-state index is 6.25. The van der Waals surface area contributed by atoms with Gasteiger partial charge in [0.05, 0.1) is 6.04 Å². The summed E-state index contributed by atoms with van der Waals surface area (Å²) in [5.74, 6) is 1.07. The van der Waals surface area contributed by atoms with Crippen molar-refractivity contribution in [2.45, 2.75) is 25.8 Å². The Hall–Kier alpha value is -1.79. The van der Waals surface area contributed by atoms with Crippen LogP contribution in [0.1, 0.15) is 42.2 Å². The van der Waals surface area contributed by atoms with Crippen molar-refractivity contribution in [1.29, 1.82) is 0 Å². The van der Waals surface area contributed by atoms with Crippen LogP contribution in [0.2, 0.25) is 0 Å². The predicted octanol–water partition coefficient (Wildman–Crippen LogP) is 2.36. The molecular weight excluding hydrogens is 258 g/mol. The van der Waals surface area contributed by atoms with Crippen LogP contribution in [-0.2, 0) is 0 Å². The lowest BCUT2D eigenvalue weighted by Gasteiger charge is -2.08. The predicted molar refractivity (Wildman–Crippen MR) is 75.2 cm³/mol. The standard InChI is InChI=1S/C13H15N5S/c1-8(2)12-17-18-11(15-16-13(18)19-12)10(14)9-6-4-3-5-7-9/h3-8,10H,14H2,1-2H3. The zero-order chi connectivity index (χ0) is 13.4. The van der Waals surface area contributed by atoms with E-state index in [-0.39, 0.29) is 6.04 Å². The summed E-state index contributed by atoms with van der Waals surface area (Å²) in [6, 6.07) is 9.57. The molecule has 1 unspecified atom stereocenters. The van der Waals surface area contributed by atoms with E-state index in [9.17, 15) is 0 Å². The molecule has 98 valence electrons. The number of nitrogens with two attached hydrogens (primary N) is 1. The van der Waals surface area contributed by atoms with E-state index < -0.39 is 0 Å². The molecule has 1 atom stereocenters. The van der Waals surface area contributed by atoms with Crippen molar-refractivity contribution in [1.82, 2.24) is 19.8 Å². The molecule has 0 saturated heterocycles. The maximum Gasteiger partial charge on any atom is 0.234 e. The monoisotopic (exact) mass is 273 g/mol. The van der Waals surface area contributed by atoms with E-state index in [4.69, 9.17) is 5.73 Å². The lowest BCUT2D eigenvalue weighted by atomic mass is 10.1. The largest absolute Gasteiger partial charge is 0.318 e. The van der Waals surface area contributed by atoms with Crippen molar-refractivity contribution in [3.8, 4) is 0 Å². The van der Waals surface area contributed by atoms with Gasteiger partial charge in [-0.05, 0) is 5.56 Å². The lowest BCUT2D eigenvalue weighted by Crippen LogP contribution is -2.16. The van der Waals surface area contributed by atoms with Crippen LogP contribution in [0.4, 0.5) is 0 Å². The normalized spacial score (nSPS) is 13.3. The topological polar surface area (TPSA) is 69.1 Å². The lowest BCUT2D eigenvalue weighted by molar-refractivity contribution is 0.711. The van der Waals surface area contributed by atoms with Gasteiger partial charge in [-0.25, -0.2) is 0 Å². The van der Waals surface area contributed by atoms with Crippen LogP contribution in [0, 0.1) is 0 Å². The second kappa shape index (κ2) is 4.71. The van der Waals surface area contributed by atoms with Crippen LogP contribution >= 0.6 is 11.3 Å². The first kappa shape index (κ1) is 12.3. The highest BCUT2D eigenvalue weighted by Crippen LogP contribution is 2.24. The summed E-state index contributed by atoms with van der Waals surface area (Å²) in [5.41, 5.74) is 7.26. The average Bonchev–Trinajstić information content (AvgIpc) is 2.98. The molecule has 0 spiro atoms. The molecule has 0 bridgehead atoms. The SMILES string of the molecule is CC(C)c1nn2c(C(N)c3ccccc3)nnc2s1. The van der Waals surface area contributed by atoms with Gasteiger partial charge in [0.2, 0.25) is 4.96 Å². The molecule has 0 saturated carbocycles. The Balaban J connectivity index is 2.05. The molecule has 0 aliphatic carbocycles. The van der Waals surface area contributed by atoms with Crippen LogP contribution in [0.15, 0.2) is 30.3 Å². The molecule has 0 aliphatic heterocycles. The Bertz CT molecular complexity index is 685. The number of hydrogen-bond acceptors (Lipinski definition) is 5. The maximum absolute atomic E-state index is 6.25. The van der Waals surface area contributed by atoms with Gasteiger partial charge < -0.3 is 5.73 Å². The van der Waals surface area contributed by atoms with E-state index in [0.29, 0.717) is 11.7 Å². The third-order valence-corrected chi connectivity index (χ3v) is 4.16. The highest BCUT2D eigenvalue weighted by Gasteiger charge is 2.19. The summed E-state index contributed by atoms with van der Waals surface area (Å²) in [6.07, 6.45) is 0. The Morgan fingerprint density at radius 3 is 2.58 bits per heavy atom. The van der Waals surface area contributed by atoms with Gasteiger partial charge in [-0.3, -0.25) is 0 Å². The van der Waals surface area contributed by atoms with Crippen LogP contribution in [0.25, 0.3) is 4.96 Å². The highest BCUT2D eigenvalue weighted by atomic mass is 32.1. The van der Waals surface area contributed by atoms with Gasteiger partial charge in [-0.2, -0.15) is 9.61 Å².